The number of nitrogens with zero attached hydrogens (tertiary/aromatic N) is 1. The van der Waals surface area contributed by atoms with Crippen LogP contribution in [0.3, 0.4) is 0 Å². The van der Waals surface area contributed by atoms with Crippen molar-refractivity contribution in [3.8, 4) is 0 Å². The summed E-state index contributed by atoms with van der Waals surface area (Å²) >= 11 is 1.73. The van der Waals surface area contributed by atoms with Crippen LogP contribution < -0.4 is 5.32 Å². The predicted molar refractivity (Wildman–Crippen MR) is 83.5 cm³/mol. The molecule has 4 heteroatoms. The quantitative estimate of drug-likeness (QED) is 0.925. The van der Waals surface area contributed by atoms with E-state index in [2.05, 4.69) is 18.3 Å². The molecule has 3 nitrogen and oxygen atoms in total. The summed E-state index contributed by atoms with van der Waals surface area (Å²) in [5, 5.41) is 3.44. The number of rotatable bonds is 4. The predicted octanol–water partition coefficient (Wildman–Crippen LogP) is 2.70. The number of amides is 1. The normalized spacial score (nSPS) is 21.8. The molecule has 0 aromatic carbocycles. The first kappa shape index (κ1) is 14.1. The first-order valence-electron chi connectivity index (χ1n) is 7.89. The Bertz CT molecular complexity index is 455. The van der Waals surface area contributed by atoms with Gasteiger partial charge in [0.05, 0.1) is 4.88 Å². The average molecular weight is 292 g/mol. The highest BCUT2D eigenvalue weighted by Crippen LogP contribution is 2.31. The lowest BCUT2D eigenvalue weighted by molar-refractivity contribution is 0.0734. The van der Waals surface area contributed by atoms with Crippen molar-refractivity contribution in [1.82, 2.24) is 10.2 Å². The molecule has 1 saturated heterocycles. The van der Waals surface area contributed by atoms with Crippen molar-refractivity contribution in [3.05, 3.63) is 21.4 Å². The molecule has 2 aliphatic rings. The van der Waals surface area contributed by atoms with Gasteiger partial charge in [0, 0.05) is 18.0 Å². The third-order valence-corrected chi connectivity index (χ3v) is 5.73. The lowest BCUT2D eigenvalue weighted by Gasteiger charge is -2.29. The highest BCUT2D eigenvalue weighted by Gasteiger charge is 2.24. The van der Waals surface area contributed by atoms with Gasteiger partial charge in [-0.3, -0.25) is 4.79 Å². The molecule has 0 radical (unpaired) electrons. The third kappa shape index (κ3) is 2.91. The summed E-state index contributed by atoms with van der Waals surface area (Å²) in [4.78, 5) is 17.1. The lowest BCUT2D eigenvalue weighted by atomic mass is 9.99. The van der Waals surface area contributed by atoms with E-state index in [9.17, 15) is 4.79 Å². The molecule has 1 aromatic rings. The van der Waals surface area contributed by atoms with E-state index in [4.69, 9.17) is 0 Å². The molecule has 0 saturated carbocycles. The molecule has 1 atom stereocenters. The second-order valence-corrected chi connectivity index (χ2v) is 7.11. The van der Waals surface area contributed by atoms with Gasteiger partial charge in [0.1, 0.15) is 0 Å². The van der Waals surface area contributed by atoms with Crippen molar-refractivity contribution >= 4 is 17.2 Å². The van der Waals surface area contributed by atoms with E-state index >= 15 is 0 Å². The SMILES string of the molecule is CCN(CC1CCCNC1)C(=O)c1cc2c(s1)CCC2. The number of aryl methyl sites for hydroxylation is 2. The molecule has 1 aromatic heterocycles. The van der Waals surface area contributed by atoms with Crippen LogP contribution in [0.2, 0.25) is 0 Å². The van der Waals surface area contributed by atoms with Crippen LogP contribution in [0.5, 0.6) is 0 Å². The van der Waals surface area contributed by atoms with Gasteiger partial charge < -0.3 is 10.2 Å². The highest BCUT2D eigenvalue weighted by molar-refractivity contribution is 7.14. The minimum absolute atomic E-state index is 0.248. The minimum atomic E-state index is 0.248. The maximum atomic E-state index is 12.7. The second-order valence-electron chi connectivity index (χ2n) is 5.97. The molecule has 2 heterocycles. The molecule has 0 spiro atoms. The number of nitrogens with one attached hydrogen (secondary N) is 1. The van der Waals surface area contributed by atoms with Gasteiger partial charge in [-0.2, -0.15) is 0 Å². The minimum Gasteiger partial charge on any atom is -0.338 e. The van der Waals surface area contributed by atoms with Gasteiger partial charge in [0.25, 0.3) is 5.91 Å². The van der Waals surface area contributed by atoms with Crippen LogP contribution >= 0.6 is 11.3 Å². The topological polar surface area (TPSA) is 32.3 Å². The molecule has 1 aliphatic carbocycles. The highest BCUT2D eigenvalue weighted by atomic mass is 32.1. The Balaban J connectivity index is 1.66. The first-order chi connectivity index (χ1) is 9.78. The van der Waals surface area contributed by atoms with Gasteiger partial charge in [0.2, 0.25) is 0 Å². The van der Waals surface area contributed by atoms with E-state index in [-0.39, 0.29) is 5.91 Å². The zero-order valence-electron chi connectivity index (χ0n) is 12.3. The van der Waals surface area contributed by atoms with E-state index in [1.54, 1.807) is 11.3 Å². The monoisotopic (exact) mass is 292 g/mol. The van der Waals surface area contributed by atoms with Crippen molar-refractivity contribution in [2.24, 2.45) is 5.92 Å². The van der Waals surface area contributed by atoms with Crippen LogP contribution in [0.25, 0.3) is 0 Å². The molecule has 3 rings (SSSR count). The molecule has 1 N–H and O–H groups in total. The van der Waals surface area contributed by atoms with Crippen molar-refractivity contribution in [2.75, 3.05) is 26.2 Å². The van der Waals surface area contributed by atoms with Crippen LogP contribution in [0.4, 0.5) is 0 Å². The van der Waals surface area contributed by atoms with Crippen molar-refractivity contribution in [1.29, 1.82) is 0 Å². The van der Waals surface area contributed by atoms with Crippen LogP contribution in [-0.4, -0.2) is 37.0 Å². The molecule has 1 amide bonds. The zero-order chi connectivity index (χ0) is 13.9. The molecule has 1 unspecified atom stereocenters. The molecular formula is C16H24N2OS. The molecule has 1 fully saturated rings. The zero-order valence-corrected chi connectivity index (χ0v) is 13.1. The third-order valence-electron chi connectivity index (χ3n) is 4.50. The maximum absolute atomic E-state index is 12.7. The van der Waals surface area contributed by atoms with Gasteiger partial charge in [0.15, 0.2) is 0 Å². The Labute approximate surface area is 125 Å². The largest absolute Gasteiger partial charge is 0.338 e. The van der Waals surface area contributed by atoms with E-state index in [1.807, 2.05) is 4.90 Å². The van der Waals surface area contributed by atoms with Crippen molar-refractivity contribution in [2.45, 2.75) is 39.0 Å². The molecular weight excluding hydrogens is 268 g/mol. The van der Waals surface area contributed by atoms with Crippen molar-refractivity contribution < 1.29 is 4.79 Å². The van der Waals surface area contributed by atoms with E-state index < -0.39 is 0 Å². The summed E-state index contributed by atoms with van der Waals surface area (Å²) in [6.45, 7) is 6.01. The lowest BCUT2D eigenvalue weighted by Crippen LogP contribution is -2.40. The Kier molecular flexibility index (Phi) is 4.41. The number of carbonyl (C=O) groups excluding carboxylic acids is 1. The number of carbonyl (C=O) groups is 1. The molecule has 110 valence electrons. The Morgan fingerprint density at radius 2 is 2.35 bits per heavy atom. The van der Waals surface area contributed by atoms with Gasteiger partial charge in [-0.25, -0.2) is 0 Å². The van der Waals surface area contributed by atoms with Crippen LogP contribution in [-0.2, 0) is 12.8 Å². The fourth-order valence-corrected chi connectivity index (χ4v) is 4.56. The number of hydrogen-bond acceptors (Lipinski definition) is 3. The van der Waals surface area contributed by atoms with Gasteiger partial charge >= 0.3 is 0 Å². The average Bonchev–Trinajstić information content (AvgIpc) is 3.06. The van der Waals surface area contributed by atoms with E-state index in [1.165, 1.54) is 36.1 Å². The summed E-state index contributed by atoms with van der Waals surface area (Å²) < 4.78 is 0. The second kappa shape index (κ2) is 6.27. The smallest absolute Gasteiger partial charge is 0.263 e. The fraction of sp³-hybridized carbons (Fsp3) is 0.688. The molecule has 0 bridgehead atoms. The first-order valence-corrected chi connectivity index (χ1v) is 8.71. The summed E-state index contributed by atoms with van der Waals surface area (Å²) in [5.41, 5.74) is 1.42. The number of fused-ring (bicyclic) bond motifs is 1. The van der Waals surface area contributed by atoms with Gasteiger partial charge in [-0.05, 0) is 69.7 Å². The number of piperidine rings is 1. The standard InChI is InChI=1S/C16H24N2OS/c1-2-18(11-12-5-4-8-17-10-12)16(19)15-9-13-6-3-7-14(13)20-15/h9,12,17H,2-8,10-11H2,1H3. The van der Waals surface area contributed by atoms with Crippen LogP contribution in [0.1, 0.15) is 46.3 Å². The van der Waals surface area contributed by atoms with Gasteiger partial charge in [-0.1, -0.05) is 0 Å². The summed E-state index contributed by atoms with van der Waals surface area (Å²) in [5.74, 6) is 0.872. The Hall–Kier alpha value is -0.870. The van der Waals surface area contributed by atoms with Crippen LogP contribution in [0.15, 0.2) is 6.07 Å². The maximum Gasteiger partial charge on any atom is 0.263 e. The number of thiophene rings is 1. The summed E-state index contributed by atoms with van der Waals surface area (Å²) in [7, 11) is 0. The van der Waals surface area contributed by atoms with E-state index in [0.717, 1.165) is 37.5 Å². The Morgan fingerprint density at radius 3 is 3.05 bits per heavy atom. The summed E-state index contributed by atoms with van der Waals surface area (Å²) in [6, 6.07) is 2.15. The van der Waals surface area contributed by atoms with Crippen molar-refractivity contribution in [3.63, 3.8) is 0 Å². The molecule has 1 aliphatic heterocycles. The van der Waals surface area contributed by atoms with E-state index in [0.29, 0.717) is 5.92 Å². The van der Waals surface area contributed by atoms with Gasteiger partial charge in [-0.15, -0.1) is 11.3 Å². The van der Waals surface area contributed by atoms with Crippen LogP contribution in [0, 0.1) is 5.92 Å². The number of hydrogen-bond donors (Lipinski definition) is 1. The fourth-order valence-electron chi connectivity index (χ4n) is 3.34. The Morgan fingerprint density at radius 1 is 1.45 bits per heavy atom. The molecule has 20 heavy (non-hydrogen) atoms. The summed E-state index contributed by atoms with van der Waals surface area (Å²) in [6.07, 6.45) is 6.09.